The molecule has 0 aromatic heterocycles. The first-order valence-electron chi connectivity index (χ1n) is 7.12. The van der Waals surface area contributed by atoms with Crippen LogP contribution in [0.1, 0.15) is 46.5 Å². The first-order valence-corrected chi connectivity index (χ1v) is 10.6. The number of carbonyl (C=O) groups excluding carboxylic acids is 1. The lowest BCUT2D eigenvalue weighted by atomic mass is 9.68. The molecular weight excluding hydrogens is 236 g/mol. The van der Waals surface area contributed by atoms with Gasteiger partial charge in [-0.05, 0) is 24.2 Å². The van der Waals surface area contributed by atoms with Gasteiger partial charge in [0.25, 0.3) is 0 Å². The van der Waals surface area contributed by atoms with Crippen LogP contribution < -0.4 is 0 Å². The highest BCUT2D eigenvalue weighted by atomic mass is 28.3. The largest absolute Gasteiger partial charge is 0.299 e. The molecule has 0 bridgehead atoms. The van der Waals surface area contributed by atoms with Gasteiger partial charge in [-0.25, -0.2) is 0 Å². The van der Waals surface area contributed by atoms with Crippen molar-refractivity contribution in [3.8, 4) is 11.5 Å². The second-order valence-corrected chi connectivity index (χ2v) is 12.5. The highest BCUT2D eigenvalue weighted by Crippen LogP contribution is 2.39. The Kier molecular flexibility index (Phi) is 4.83. The zero-order chi connectivity index (χ0) is 14.0. The number of hydrogen-bond donors (Lipinski definition) is 0. The van der Waals surface area contributed by atoms with Gasteiger partial charge < -0.3 is 0 Å². The average Bonchev–Trinajstić information content (AvgIpc) is 2.17. The molecule has 1 fully saturated rings. The van der Waals surface area contributed by atoms with E-state index in [0.717, 1.165) is 25.7 Å². The van der Waals surface area contributed by atoms with E-state index in [-0.39, 0.29) is 5.92 Å². The number of carbonyl (C=O) groups is 1. The number of Topliss-reactive ketones (excluding diaryl/α,β-unsaturated/α-hetero) is 1. The van der Waals surface area contributed by atoms with Crippen LogP contribution in [0.15, 0.2) is 0 Å². The third-order valence-corrected chi connectivity index (χ3v) is 4.73. The minimum Gasteiger partial charge on any atom is -0.299 e. The number of ketones is 1. The Morgan fingerprint density at radius 1 is 1.28 bits per heavy atom. The lowest BCUT2D eigenvalue weighted by molar-refractivity contribution is -0.126. The molecule has 18 heavy (non-hydrogen) atoms. The molecule has 0 saturated heterocycles. The maximum atomic E-state index is 12.0. The Bertz CT molecular complexity index is 359. The third-order valence-electron chi connectivity index (χ3n) is 3.80. The summed E-state index contributed by atoms with van der Waals surface area (Å²) >= 11 is 0. The first-order chi connectivity index (χ1) is 8.09. The quantitative estimate of drug-likeness (QED) is 0.510. The average molecular weight is 264 g/mol. The van der Waals surface area contributed by atoms with Gasteiger partial charge in [0.1, 0.15) is 13.9 Å². The molecule has 0 heterocycles. The van der Waals surface area contributed by atoms with E-state index in [4.69, 9.17) is 0 Å². The molecule has 0 spiro atoms. The molecule has 2 atom stereocenters. The monoisotopic (exact) mass is 264 g/mol. The van der Waals surface area contributed by atoms with Crippen molar-refractivity contribution in [2.75, 3.05) is 0 Å². The summed E-state index contributed by atoms with van der Waals surface area (Å²) in [7, 11) is -1.29. The maximum Gasteiger partial charge on any atom is 0.136 e. The summed E-state index contributed by atoms with van der Waals surface area (Å²) in [6.45, 7) is 13.6. The number of rotatable bonds is 1. The minimum absolute atomic E-state index is 0.201. The van der Waals surface area contributed by atoms with Gasteiger partial charge >= 0.3 is 0 Å². The van der Waals surface area contributed by atoms with E-state index >= 15 is 0 Å². The van der Waals surface area contributed by atoms with Crippen molar-refractivity contribution >= 4 is 13.9 Å². The predicted octanol–water partition coefficient (Wildman–Crippen LogP) is 4.29. The topological polar surface area (TPSA) is 17.1 Å². The van der Waals surface area contributed by atoms with Gasteiger partial charge in [-0.1, -0.05) is 40.4 Å². The van der Waals surface area contributed by atoms with E-state index in [9.17, 15) is 4.79 Å². The molecule has 0 aliphatic heterocycles. The molecule has 0 radical (unpaired) electrons. The summed E-state index contributed by atoms with van der Waals surface area (Å²) in [6.07, 6.45) is 3.67. The Hall–Kier alpha value is -0.553. The molecule has 0 aromatic rings. The molecule has 102 valence electrons. The molecule has 0 aromatic carbocycles. The lowest BCUT2D eigenvalue weighted by Crippen LogP contribution is -2.32. The fourth-order valence-corrected chi connectivity index (χ4v) is 3.17. The van der Waals surface area contributed by atoms with Gasteiger partial charge in [0, 0.05) is 18.8 Å². The van der Waals surface area contributed by atoms with E-state index in [2.05, 4.69) is 51.9 Å². The first kappa shape index (κ1) is 15.5. The van der Waals surface area contributed by atoms with Gasteiger partial charge in [-0.3, -0.25) is 4.79 Å². The van der Waals surface area contributed by atoms with Crippen molar-refractivity contribution in [2.45, 2.75) is 66.1 Å². The summed E-state index contributed by atoms with van der Waals surface area (Å²) < 4.78 is 0. The minimum atomic E-state index is -1.29. The predicted molar refractivity (Wildman–Crippen MR) is 81.0 cm³/mol. The molecule has 0 N–H and O–H groups in total. The van der Waals surface area contributed by atoms with Crippen molar-refractivity contribution in [1.82, 2.24) is 0 Å². The van der Waals surface area contributed by atoms with E-state index in [1.165, 1.54) is 0 Å². The standard InChI is InChI=1S/C16H28OSi/c1-16(2,3)14-9-10-15(17)13(12-14)8-7-11-18(4,5)6/h13-14H,8-10,12H2,1-6H3. The molecule has 1 aliphatic rings. The van der Waals surface area contributed by atoms with E-state index in [1.54, 1.807) is 0 Å². The van der Waals surface area contributed by atoms with Gasteiger partial charge in [0.15, 0.2) is 0 Å². The van der Waals surface area contributed by atoms with Crippen LogP contribution in [0.25, 0.3) is 0 Å². The van der Waals surface area contributed by atoms with Gasteiger partial charge in [-0.2, -0.15) is 0 Å². The number of hydrogen-bond acceptors (Lipinski definition) is 1. The summed E-state index contributed by atoms with van der Waals surface area (Å²) in [5, 5.41) is 0. The van der Waals surface area contributed by atoms with Crippen LogP contribution in [-0.2, 0) is 4.79 Å². The van der Waals surface area contributed by atoms with Crippen LogP contribution in [0.2, 0.25) is 19.6 Å². The molecule has 1 saturated carbocycles. The second-order valence-electron chi connectivity index (χ2n) is 7.76. The molecule has 2 heteroatoms. The molecule has 1 nitrogen and oxygen atoms in total. The van der Waals surface area contributed by atoms with Gasteiger partial charge in [0.05, 0.1) is 0 Å². The molecular formula is C16H28OSi. The van der Waals surface area contributed by atoms with Gasteiger partial charge in [0.2, 0.25) is 0 Å². The van der Waals surface area contributed by atoms with E-state index < -0.39 is 8.07 Å². The zero-order valence-electron chi connectivity index (χ0n) is 12.9. The van der Waals surface area contributed by atoms with E-state index in [0.29, 0.717) is 17.1 Å². The van der Waals surface area contributed by atoms with Crippen LogP contribution in [-0.4, -0.2) is 13.9 Å². The summed E-state index contributed by atoms with van der Waals surface area (Å²) in [4.78, 5) is 12.0. The van der Waals surface area contributed by atoms with Crippen LogP contribution in [0, 0.1) is 28.7 Å². The fraction of sp³-hybridized carbons (Fsp3) is 0.812. The molecule has 1 rings (SSSR count). The van der Waals surface area contributed by atoms with E-state index in [1.807, 2.05) is 0 Å². The Morgan fingerprint density at radius 3 is 2.39 bits per heavy atom. The van der Waals surface area contributed by atoms with Crippen molar-refractivity contribution in [1.29, 1.82) is 0 Å². The Morgan fingerprint density at radius 2 is 1.89 bits per heavy atom. The Labute approximate surface area is 114 Å². The molecule has 0 amide bonds. The highest BCUT2D eigenvalue weighted by Gasteiger charge is 2.34. The van der Waals surface area contributed by atoms with Crippen LogP contribution in [0.3, 0.4) is 0 Å². The highest BCUT2D eigenvalue weighted by molar-refractivity contribution is 6.83. The molecule has 2 unspecified atom stereocenters. The third kappa shape index (κ3) is 4.98. The lowest BCUT2D eigenvalue weighted by Gasteiger charge is -2.36. The fourth-order valence-electron chi connectivity index (χ4n) is 2.54. The van der Waals surface area contributed by atoms with Crippen LogP contribution >= 0.6 is 0 Å². The SMILES string of the molecule is CC(C)(C)C1CCC(=O)C(CC#C[Si](C)(C)C)C1. The second kappa shape index (κ2) is 5.61. The molecule has 1 aliphatic carbocycles. The summed E-state index contributed by atoms with van der Waals surface area (Å²) in [6, 6.07) is 0. The summed E-state index contributed by atoms with van der Waals surface area (Å²) in [5.74, 6) is 4.61. The van der Waals surface area contributed by atoms with Crippen molar-refractivity contribution < 1.29 is 4.79 Å². The van der Waals surface area contributed by atoms with Crippen molar-refractivity contribution in [3.05, 3.63) is 0 Å². The summed E-state index contributed by atoms with van der Waals surface area (Å²) in [5.41, 5.74) is 3.70. The van der Waals surface area contributed by atoms with Crippen molar-refractivity contribution in [2.24, 2.45) is 17.3 Å². The van der Waals surface area contributed by atoms with Crippen LogP contribution in [0.4, 0.5) is 0 Å². The normalized spacial score (nSPS) is 25.6. The zero-order valence-corrected chi connectivity index (χ0v) is 13.9. The van der Waals surface area contributed by atoms with Crippen molar-refractivity contribution in [3.63, 3.8) is 0 Å². The smallest absolute Gasteiger partial charge is 0.136 e. The maximum absolute atomic E-state index is 12.0. The van der Waals surface area contributed by atoms with Crippen LogP contribution in [0.5, 0.6) is 0 Å². The Balaban J connectivity index is 2.63. The van der Waals surface area contributed by atoms with Gasteiger partial charge in [-0.15, -0.1) is 11.5 Å².